The largest absolute Gasteiger partial charge is 0.352 e. The van der Waals surface area contributed by atoms with Gasteiger partial charge in [0.15, 0.2) is 0 Å². The molecule has 1 heterocycles. The standard InChI is InChI=1S/C13H24N2/c1-10(2)6-7-14-9-13-8-11(3)15(5)12(13)4/h8,10,14H,6-7,9H2,1-5H3. The molecule has 1 aromatic rings. The molecule has 0 amide bonds. The molecule has 0 aromatic carbocycles. The maximum absolute atomic E-state index is 3.50. The van der Waals surface area contributed by atoms with Crippen LogP contribution in [0.2, 0.25) is 0 Å². The molecule has 1 N–H and O–H groups in total. The van der Waals surface area contributed by atoms with E-state index in [1.807, 2.05) is 0 Å². The lowest BCUT2D eigenvalue weighted by molar-refractivity contribution is 0.537. The van der Waals surface area contributed by atoms with E-state index < -0.39 is 0 Å². The van der Waals surface area contributed by atoms with Crippen molar-refractivity contribution >= 4 is 0 Å². The van der Waals surface area contributed by atoms with Crippen LogP contribution in [0.4, 0.5) is 0 Å². The van der Waals surface area contributed by atoms with E-state index in [0.29, 0.717) is 0 Å². The highest BCUT2D eigenvalue weighted by atomic mass is 15.0. The van der Waals surface area contributed by atoms with Gasteiger partial charge >= 0.3 is 0 Å². The molecule has 0 aliphatic heterocycles. The minimum atomic E-state index is 0.788. The van der Waals surface area contributed by atoms with Crippen LogP contribution in [0.25, 0.3) is 0 Å². The molecule has 0 atom stereocenters. The van der Waals surface area contributed by atoms with Crippen molar-refractivity contribution in [3.63, 3.8) is 0 Å². The Morgan fingerprint density at radius 1 is 1.33 bits per heavy atom. The van der Waals surface area contributed by atoms with Gasteiger partial charge in [-0.15, -0.1) is 0 Å². The van der Waals surface area contributed by atoms with Gasteiger partial charge in [0.2, 0.25) is 0 Å². The minimum Gasteiger partial charge on any atom is -0.352 e. The Labute approximate surface area is 93.7 Å². The zero-order chi connectivity index (χ0) is 11.4. The molecular weight excluding hydrogens is 184 g/mol. The molecule has 0 bridgehead atoms. The van der Waals surface area contributed by atoms with E-state index in [1.54, 1.807) is 0 Å². The highest BCUT2D eigenvalue weighted by Crippen LogP contribution is 2.12. The molecule has 15 heavy (non-hydrogen) atoms. The lowest BCUT2D eigenvalue weighted by Crippen LogP contribution is -2.16. The molecule has 1 aromatic heterocycles. The van der Waals surface area contributed by atoms with Gasteiger partial charge in [0, 0.05) is 25.0 Å². The topological polar surface area (TPSA) is 17.0 Å². The highest BCUT2D eigenvalue weighted by molar-refractivity contribution is 5.26. The zero-order valence-electron chi connectivity index (χ0n) is 10.7. The molecule has 0 aliphatic carbocycles. The average molecular weight is 208 g/mol. The second-order valence-electron chi connectivity index (χ2n) is 4.81. The molecule has 2 heteroatoms. The average Bonchev–Trinajstić information content (AvgIpc) is 2.41. The Bertz CT molecular complexity index is 311. The van der Waals surface area contributed by atoms with E-state index in [2.05, 4.69) is 50.7 Å². The quantitative estimate of drug-likeness (QED) is 0.736. The third-order valence-corrected chi connectivity index (χ3v) is 3.09. The zero-order valence-corrected chi connectivity index (χ0v) is 10.7. The number of aryl methyl sites for hydroxylation is 1. The molecular formula is C13H24N2. The van der Waals surface area contributed by atoms with Gasteiger partial charge < -0.3 is 9.88 Å². The van der Waals surface area contributed by atoms with Gasteiger partial charge in [0.25, 0.3) is 0 Å². The molecule has 0 spiro atoms. The maximum Gasteiger partial charge on any atom is 0.0223 e. The number of hydrogen-bond donors (Lipinski definition) is 1. The van der Waals surface area contributed by atoms with Gasteiger partial charge in [-0.3, -0.25) is 0 Å². The summed E-state index contributed by atoms with van der Waals surface area (Å²) in [4.78, 5) is 0. The molecule has 86 valence electrons. The second-order valence-corrected chi connectivity index (χ2v) is 4.81. The summed E-state index contributed by atoms with van der Waals surface area (Å²) in [6, 6.07) is 2.28. The number of hydrogen-bond acceptors (Lipinski definition) is 1. The molecule has 0 aliphatic rings. The maximum atomic E-state index is 3.50. The Hall–Kier alpha value is -0.760. The second kappa shape index (κ2) is 5.36. The molecule has 0 radical (unpaired) electrons. The van der Waals surface area contributed by atoms with Crippen LogP contribution in [0.5, 0.6) is 0 Å². The Morgan fingerprint density at radius 2 is 2.00 bits per heavy atom. The smallest absolute Gasteiger partial charge is 0.0223 e. The van der Waals surface area contributed by atoms with Crippen LogP contribution >= 0.6 is 0 Å². The van der Waals surface area contributed by atoms with Crippen molar-refractivity contribution in [1.82, 2.24) is 9.88 Å². The van der Waals surface area contributed by atoms with Gasteiger partial charge in [-0.1, -0.05) is 13.8 Å². The van der Waals surface area contributed by atoms with Crippen LogP contribution in [0.15, 0.2) is 6.07 Å². The van der Waals surface area contributed by atoms with Crippen LogP contribution < -0.4 is 5.32 Å². The fourth-order valence-corrected chi connectivity index (χ4v) is 1.73. The SMILES string of the molecule is Cc1cc(CNCCC(C)C)c(C)n1C. The van der Waals surface area contributed by atoms with Crippen molar-refractivity contribution < 1.29 is 0 Å². The number of aromatic nitrogens is 1. The van der Waals surface area contributed by atoms with Crippen LogP contribution in [0, 0.1) is 19.8 Å². The molecule has 0 saturated carbocycles. The summed E-state index contributed by atoms with van der Waals surface area (Å²) in [6.45, 7) is 11.0. The van der Waals surface area contributed by atoms with Crippen LogP contribution in [0.1, 0.15) is 37.2 Å². The van der Waals surface area contributed by atoms with E-state index in [9.17, 15) is 0 Å². The summed E-state index contributed by atoms with van der Waals surface area (Å²) in [5, 5.41) is 3.50. The van der Waals surface area contributed by atoms with Crippen molar-refractivity contribution in [3.8, 4) is 0 Å². The lowest BCUT2D eigenvalue weighted by atomic mass is 10.1. The van der Waals surface area contributed by atoms with E-state index >= 15 is 0 Å². The monoisotopic (exact) mass is 208 g/mol. The van der Waals surface area contributed by atoms with Crippen molar-refractivity contribution in [2.75, 3.05) is 6.54 Å². The Kier molecular flexibility index (Phi) is 4.40. The number of nitrogens with one attached hydrogen (secondary N) is 1. The van der Waals surface area contributed by atoms with Crippen molar-refractivity contribution in [2.24, 2.45) is 13.0 Å². The van der Waals surface area contributed by atoms with Crippen LogP contribution in [-0.4, -0.2) is 11.1 Å². The molecule has 0 saturated heterocycles. The summed E-state index contributed by atoms with van der Waals surface area (Å²) in [6.07, 6.45) is 1.25. The molecule has 0 unspecified atom stereocenters. The fourth-order valence-electron chi connectivity index (χ4n) is 1.73. The number of rotatable bonds is 5. The summed E-state index contributed by atoms with van der Waals surface area (Å²) in [7, 11) is 2.13. The molecule has 2 nitrogen and oxygen atoms in total. The van der Waals surface area contributed by atoms with Gasteiger partial charge in [-0.05, 0) is 44.4 Å². The van der Waals surface area contributed by atoms with E-state index in [4.69, 9.17) is 0 Å². The summed E-state index contributed by atoms with van der Waals surface area (Å²) in [5.74, 6) is 0.788. The molecule has 0 fully saturated rings. The Balaban J connectivity index is 2.41. The van der Waals surface area contributed by atoms with Crippen LogP contribution in [0.3, 0.4) is 0 Å². The van der Waals surface area contributed by atoms with Gasteiger partial charge in [-0.25, -0.2) is 0 Å². The first-order valence-electron chi connectivity index (χ1n) is 5.85. The number of nitrogens with zero attached hydrogens (tertiary/aromatic N) is 1. The first-order chi connectivity index (χ1) is 7.02. The van der Waals surface area contributed by atoms with Crippen molar-refractivity contribution in [1.29, 1.82) is 0 Å². The van der Waals surface area contributed by atoms with Crippen molar-refractivity contribution in [3.05, 3.63) is 23.0 Å². The predicted octanol–water partition coefficient (Wildman–Crippen LogP) is 2.78. The first-order valence-corrected chi connectivity index (χ1v) is 5.85. The molecule has 1 rings (SSSR count). The summed E-state index contributed by atoms with van der Waals surface area (Å²) >= 11 is 0. The normalized spacial score (nSPS) is 11.3. The van der Waals surface area contributed by atoms with E-state index in [0.717, 1.165) is 19.0 Å². The third kappa shape index (κ3) is 3.38. The van der Waals surface area contributed by atoms with E-state index in [1.165, 1.54) is 23.4 Å². The lowest BCUT2D eigenvalue weighted by Gasteiger charge is -2.07. The van der Waals surface area contributed by atoms with Crippen LogP contribution in [-0.2, 0) is 13.6 Å². The summed E-state index contributed by atoms with van der Waals surface area (Å²) in [5.41, 5.74) is 4.15. The minimum absolute atomic E-state index is 0.788. The first kappa shape index (κ1) is 12.3. The van der Waals surface area contributed by atoms with Gasteiger partial charge in [0.1, 0.15) is 0 Å². The highest BCUT2D eigenvalue weighted by Gasteiger charge is 2.04. The summed E-state index contributed by atoms with van der Waals surface area (Å²) < 4.78 is 2.25. The Morgan fingerprint density at radius 3 is 2.47 bits per heavy atom. The predicted molar refractivity (Wildman–Crippen MR) is 66.0 cm³/mol. The van der Waals surface area contributed by atoms with Gasteiger partial charge in [-0.2, -0.15) is 0 Å². The van der Waals surface area contributed by atoms with Gasteiger partial charge in [0.05, 0.1) is 0 Å². The van der Waals surface area contributed by atoms with Crippen molar-refractivity contribution in [2.45, 2.75) is 40.7 Å². The third-order valence-electron chi connectivity index (χ3n) is 3.09. The fraction of sp³-hybridized carbons (Fsp3) is 0.692. The van der Waals surface area contributed by atoms with E-state index in [-0.39, 0.29) is 0 Å².